The molecule has 0 spiro atoms. The maximum Gasteiger partial charge on any atom is 0.125 e. The van der Waals surface area contributed by atoms with Gasteiger partial charge in [-0.1, -0.05) is 0 Å². The Morgan fingerprint density at radius 2 is 2.14 bits per heavy atom. The summed E-state index contributed by atoms with van der Waals surface area (Å²) in [7, 11) is 0. The molecule has 14 heavy (non-hydrogen) atoms. The van der Waals surface area contributed by atoms with E-state index >= 15 is 0 Å². The van der Waals surface area contributed by atoms with Gasteiger partial charge in [0.25, 0.3) is 0 Å². The van der Waals surface area contributed by atoms with Crippen LogP contribution < -0.4 is 0 Å². The van der Waals surface area contributed by atoms with Gasteiger partial charge in [0.15, 0.2) is 0 Å². The first kappa shape index (κ1) is 8.48. The van der Waals surface area contributed by atoms with Crippen LogP contribution in [0.15, 0.2) is 28.9 Å². The van der Waals surface area contributed by atoms with Gasteiger partial charge in [-0.25, -0.2) is 4.39 Å². The van der Waals surface area contributed by atoms with Crippen molar-refractivity contribution in [2.45, 2.75) is 18.9 Å². The Hall–Kier alpha value is -0.830. The van der Waals surface area contributed by atoms with Crippen molar-refractivity contribution in [2.24, 2.45) is 0 Å². The number of hydrogen-bond acceptors (Lipinski definition) is 0. The Morgan fingerprint density at radius 1 is 1.36 bits per heavy atom. The third kappa shape index (κ3) is 1.19. The lowest BCUT2D eigenvalue weighted by Gasteiger charge is -2.04. The van der Waals surface area contributed by atoms with Crippen LogP contribution in [0.25, 0.3) is 10.9 Å². The van der Waals surface area contributed by atoms with Gasteiger partial charge < -0.3 is 4.57 Å². The highest BCUT2D eigenvalue weighted by Crippen LogP contribution is 2.39. The second kappa shape index (κ2) is 2.83. The molecule has 0 N–H and O–H groups in total. The van der Waals surface area contributed by atoms with Crippen molar-refractivity contribution >= 4 is 26.8 Å². The van der Waals surface area contributed by atoms with Crippen LogP contribution in [0.2, 0.25) is 0 Å². The topological polar surface area (TPSA) is 4.93 Å². The lowest BCUT2D eigenvalue weighted by Crippen LogP contribution is -1.91. The SMILES string of the molecule is Fc1cc(Br)c2c(ccn2C2CC2)c1. The van der Waals surface area contributed by atoms with E-state index in [4.69, 9.17) is 0 Å². The van der Waals surface area contributed by atoms with Crippen LogP contribution in [-0.2, 0) is 0 Å². The summed E-state index contributed by atoms with van der Waals surface area (Å²) >= 11 is 3.41. The molecule has 1 saturated carbocycles. The van der Waals surface area contributed by atoms with E-state index in [1.165, 1.54) is 18.9 Å². The van der Waals surface area contributed by atoms with Crippen molar-refractivity contribution in [2.75, 3.05) is 0 Å². The zero-order chi connectivity index (χ0) is 9.71. The molecule has 1 aliphatic carbocycles. The van der Waals surface area contributed by atoms with E-state index in [0.717, 1.165) is 15.4 Å². The van der Waals surface area contributed by atoms with Gasteiger partial charge in [-0.2, -0.15) is 0 Å². The Morgan fingerprint density at radius 3 is 2.86 bits per heavy atom. The number of benzene rings is 1. The predicted molar refractivity (Wildman–Crippen MR) is 57.9 cm³/mol. The van der Waals surface area contributed by atoms with E-state index in [1.54, 1.807) is 6.07 Å². The second-order valence-corrected chi connectivity index (χ2v) is 4.63. The lowest BCUT2D eigenvalue weighted by molar-refractivity contribution is 0.628. The monoisotopic (exact) mass is 253 g/mol. The molecule has 0 aliphatic heterocycles. The highest BCUT2D eigenvalue weighted by atomic mass is 79.9. The lowest BCUT2D eigenvalue weighted by atomic mass is 10.2. The van der Waals surface area contributed by atoms with E-state index in [0.29, 0.717) is 6.04 Å². The Bertz CT molecular complexity index is 499. The van der Waals surface area contributed by atoms with E-state index in [-0.39, 0.29) is 5.82 Å². The standard InChI is InChI=1S/C11H9BrFN/c12-10-6-8(13)5-7-3-4-14(11(7)10)9-1-2-9/h3-6,9H,1-2H2. The summed E-state index contributed by atoms with van der Waals surface area (Å²) in [5.74, 6) is -0.182. The number of fused-ring (bicyclic) bond motifs is 1. The van der Waals surface area contributed by atoms with Crippen molar-refractivity contribution in [3.8, 4) is 0 Å². The summed E-state index contributed by atoms with van der Waals surface area (Å²) in [4.78, 5) is 0. The molecule has 1 nitrogen and oxygen atoms in total. The first-order valence-electron chi connectivity index (χ1n) is 4.71. The molecule has 0 atom stereocenters. The summed E-state index contributed by atoms with van der Waals surface area (Å²) in [5, 5.41) is 0.976. The zero-order valence-corrected chi connectivity index (χ0v) is 9.09. The third-order valence-corrected chi connectivity index (χ3v) is 3.28. The van der Waals surface area contributed by atoms with Crippen LogP contribution in [0.3, 0.4) is 0 Å². The maximum atomic E-state index is 13.1. The molecule has 1 fully saturated rings. The van der Waals surface area contributed by atoms with Crippen molar-refractivity contribution in [3.63, 3.8) is 0 Å². The minimum Gasteiger partial charge on any atom is -0.343 e. The Kier molecular flexibility index (Phi) is 1.71. The third-order valence-electron chi connectivity index (χ3n) is 2.67. The molecule has 0 saturated heterocycles. The van der Waals surface area contributed by atoms with E-state index in [9.17, 15) is 4.39 Å². The van der Waals surface area contributed by atoms with Gasteiger partial charge in [-0.15, -0.1) is 0 Å². The fraction of sp³-hybridized carbons (Fsp3) is 0.273. The molecular weight excluding hydrogens is 245 g/mol. The van der Waals surface area contributed by atoms with Crippen molar-refractivity contribution < 1.29 is 4.39 Å². The summed E-state index contributed by atoms with van der Waals surface area (Å²) in [6, 6.07) is 5.72. The normalized spacial score (nSPS) is 16.4. The van der Waals surface area contributed by atoms with Gasteiger partial charge in [-0.3, -0.25) is 0 Å². The van der Waals surface area contributed by atoms with Gasteiger partial charge in [0.05, 0.1) is 5.52 Å². The molecule has 1 heterocycles. The predicted octanol–water partition coefficient (Wildman–Crippen LogP) is 3.88. The number of nitrogens with zero attached hydrogens (tertiary/aromatic N) is 1. The number of rotatable bonds is 1. The van der Waals surface area contributed by atoms with Gasteiger partial charge in [0.2, 0.25) is 0 Å². The molecule has 1 aromatic heterocycles. The average Bonchev–Trinajstić information content (AvgIpc) is 2.87. The van der Waals surface area contributed by atoms with Gasteiger partial charge >= 0.3 is 0 Å². The summed E-state index contributed by atoms with van der Waals surface area (Å²) < 4.78 is 16.2. The minimum atomic E-state index is -0.182. The van der Waals surface area contributed by atoms with E-state index in [2.05, 4.69) is 20.5 Å². The number of hydrogen-bond donors (Lipinski definition) is 0. The molecular formula is C11H9BrFN. The molecule has 3 heteroatoms. The van der Waals surface area contributed by atoms with Crippen molar-refractivity contribution in [3.05, 3.63) is 34.7 Å². The first-order chi connectivity index (χ1) is 6.75. The quantitative estimate of drug-likeness (QED) is 0.727. The summed E-state index contributed by atoms with van der Waals surface area (Å²) in [6.45, 7) is 0. The second-order valence-electron chi connectivity index (χ2n) is 3.78. The fourth-order valence-electron chi connectivity index (χ4n) is 1.88. The molecule has 3 rings (SSSR count). The van der Waals surface area contributed by atoms with E-state index < -0.39 is 0 Å². The molecule has 0 radical (unpaired) electrons. The minimum absolute atomic E-state index is 0.182. The number of halogens is 2. The first-order valence-corrected chi connectivity index (χ1v) is 5.50. The maximum absolute atomic E-state index is 13.1. The molecule has 1 aromatic carbocycles. The van der Waals surface area contributed by atoms with Crippen LogP contribution in [0.5, 0.6) is 0 Å². The molecule has 0 amide bonds. The molecule has 1 aliphatic rings. The van der Waals surface area contributed by atoms with E-state index in [1.807, 2.05) is 12.3 Å². The Balaban J connectivity index is 2.33. The molecule has 2 aromatic rings. The van der Waals surface area contributed by atoms with Crippen LogP contribution >= 0.6 is 15.9 Å². The molecule has 0 bridgehead atoms. The van der Waals surface area contributed by atoms with Crippen LogP contribution in [-0.4, -0.2) is 4.57 Å². The fourth-order valence-corrected chi connectivity index (χ4v) is 2.53. The highest BCUT2D eigenvalue weighted by Gasteiger charge is 2.25. The highest BCUT2D eigenvalue weighted by molar-refractivity contribution is 9.10. The number of aromatic nitrogens is 1. The smallest absolute Gasteiger partial charge is 0.125 e. The van der Waals surface area contributed by atoms with Crippen LogP contribution in [0.4, 0.5) is 4.39 Å². The Labute approximate surface area is 89.7 Å². The molecule has 0 unspecified atom stereocenters. The van der Waals surface area contributed by atoms with Crippen LogP contribution in [0.1, 0.15) is 18.9 Å². The summed E-state index contributed by atoms with van der Waals surface area (Å²) in [6.07, 6.45) is 4.54. The van der Waals surface area contributed by atoms with Gasteiger partial charge in [-0.05, 0) is 47.0 Å². The molecule has 72 valence electrons. The van der Waals surface area contributed by atoms with Gasteiger partial charge in [0, 0.05) is 22.1 Å². The van der Waals surface area contributed by atoms with Crippen molar-refractivity contribution in [1.82, 2.24) is 4.57 Å². The largest absolute Gasteiger partial charge is 0.343 e. The zero-order valence-electron chi connectivity index (χ0n) is 7.50. The average molecular weight is 254 g/mol. The summed E-state index contributed by atoms with van der Waals surface area (Å²) in [5.41, 5.74) is 1.12. The van der Waals surface area contributed by atoms with Crippen molar-refractivity contribution in [1.29, 1.82) is 0 Å². The van der Waals surface area contributed by atoms with Gasteiger partial charge in [0.1, 0.15) is 5.82 Å². The van der Waals surface area contributed by atoms with Crippen LogP contribution in [0, 0.1) is 5.82 Å².